The number of aryl methyl sites for hydroxylation is 1. The van der Waals surface area contributed by atoms with E-state index in [0.717, 1.165) is 24.1 Å². The van der Waals surface area contributed by atoms with E-state index >= 15 is 0 Å². The third kappa shape index (κ3) is 25.7. The van der Waals surface area contributed by atoms with Crippen LogP contribution in [-0.4, -0.2) is 75.8 Å². The van der Waals surface area contributed by atoms with E-state index in [9.17, 15) is 0 Å². The first-order valence-corrected chi connectivity index (χ1v) is 16.1. The molecule has 0 spiro atoms. The highest BCUT2D eigenvalue weighted by Gasteiger charge is 2.22. The maximum atomic E-state index is 6.50. The van der Waals surface area contributed by atoms with Crippen molar-refractivity contribution in [3.05, 3.63) is 23.5 Å². The lowest BCUT2D eigenvalue weighted by molar-refractivity contribution is 0.111. The molecule has 0 amide bonds. The first kappa shape index (κ1) is 42.7. The largest absolute Gasteiger partial charge is 0.388 e. The van der Waals surface area contributed by atoms with Gasteiger partial charge >= 0.3 is 0 Å². The van der Waals surface area contributed by atoms with Crippen LogP contribution in [-0.2, 0) is 0 Å². The van der Waals surface area contributed by atoms with Gasteiger partial charge < -0.3 is 20.6 Å². The van der Waals surface area contributed by atoms with Crippen LogP contribution in [0.4, 0.5) is 0 Å². The van der Waals surface area contributed by atoms with Crippen molar-refractivity contribution in [1.82, 2.24) is 19.9 Å². The van der Waals surface area contributed by atoms with Crippen molar-refractivity contribution in [2.24, 2.45) is 21.9 Å². The molecule has 0 aliphatic carbocycles. The van der Waals surface area contributed by atoms with Crippen LogP contribution in [0.25, 0.3) is 0 Å². The molecule has 0 saturated carbocycles. The van der Waals surface area contributed by atoms with Crippen molar-refractivity contribution in [3.63, 3.8) is 0 Å². The molecule has 43 heavy (non-hydrogen) atoms. The van der Waals surface area contributed by atoms with Gasteiger partial charge in [-0.1, -0.05) is 39.3 Å². The molecule has 4 N–H and O–H groups in total. The van der Waals surface area contributed by atoms with Crippen molar-refractivity contribution in [1.29, 1.82) is 10.8 Å². The number of amidine groups is 1. The molecular formula is C33H67N9O. The first-order chi connectivity index (χ1) is 19.9. The van der Waals surface area contributed by atoms with Gasteiger partial charge in [0, 0.05) is 30.1 Å². The van der Waals surface area contributed by atoms with Crippen LogP contribution in [0.2, 0.25) is 0 Å². The van der Waals surface area contributed by atoms with Gasteiger partial charge in [0.25, 0.3) is 0 Å². The number of likely N-dealkylation sites (tertiary alicyclic amines) is 2. The van der Waals surface area contributed by atoms with E-state index in [-0.39, 0.29) is 5.84 Å². The maximum Gasteiger partial charge on any atom is 0.223 e. The topological polar surface area (TPSA) is 144 Å². The van der Waals surface area contributed by atoms with E-state index in [1.807, 2.05) is 13.8 Å². The SMILES string of the molecule is CC(=N)N.CC(C)(C)N1CCCCC1.CC(C)=N.CC(C)C1=CCN=N1.CC(C)N1CCCC1.Cc1nc(C(C)C)no1. The monoisotopic (exact) mass is 606 g/mol. The lowest BCUT2D eigenvalue weighted by Crippen LogP contribution is -2.44. The molecule has 0 radical (unpaired) electrons. The average Bonchev–Trinajstić information content (AvgIpc) is 3.67. The Hall–Kier alpha value is -2.46. The van der Waals surface area contributed by atoms with E-state index < -0.39 is 0 Å². The second kappa shape index (κ2) is 23.9. The Kier molecular flexibility index (Phi) is 23.7. The number of hydrogen-bond donors (Lipinski definition) is 3. The summed E-state index contributed by atoms with van der Waals surface area (Å²) in [6.45, 7) is 32.6. The Bertz CT molecular complexity index is 895. The Morgan fingerprint density at radius 1 is 0.860 bits per heavy atom. The number of aromatic nitrogens is 2. The highest BCUT2D eigenvalue weighted by Crippen LogP contribution is 2.19. The Labute approximate surface area is 264 Å². The van der Waals surface area contributed by atoms with E-state index in [2.05, 4.69) is 84.7 Å². The minimum Gasteiger partial charge on any atom is -0.388 e. The fraction of sp³-hybridized carbons (Fsp3) is 0.818. The van der Waals surface area contributed by atoms with Crippen LogP contribution in [0, 0.1) is 23.7 Å². The van der Waals surface area contributed by atoms with E-state index in [4.69, 9.17) is 21.1 Å². The summed E-state index contributed by atoms with van der Waals surface area (Å²) >= 11 is 0. The zero-order valence-corrected chi connectivity index (χ0v) is 30.0. The predicted octanol–water partition coefficient (Wildman–Crippen LogP) is 8.24. The van der Waals surface area contributed by atoms with Gasteiger partial charge in [0.1, 0.15) is 0 Å². The number of allylic oxidation sites excluding steroid dienone is 1. The van der Waals surface area contributed by atoms with Gasteiger partial charge in [0.2, 0.25) is 5.89 Å². The van der Waals surface area contributed by atoms with Crippen LogP contribution in [0.3, 0.4) is 0 Å². The maximum absolute atomic E-state index is 6.50. The molecule has 250 valence electrons. The number of nitrogens with two attached hydrogens (primary N) is 1. The molecule has 3 aliphatic rings. The van der Waals surface area contributed by atoms with Gasteiger partial charge in [-0.25, -0.2) is 0 Å². The predicted molar refractivity (Wildman–Crippen MR) is 184 cm³/mol. The number of azo groups is 1. The number of nitrogens with one attached hydrogen (secondary N) is 2. The fourth-order valence-corrected chi connectivity index (χ4v) is 4.02. The summed E-state index contributed by atoms with van der Waals surface area (Å²) in [5, 5.41) is 24.2. The smallest absolute Gasteiger partial charge is 0.223 e. The van der Waals surface area contributed by atoms with E-state index in [1.165, 1.54) is 65.2 Å². The quantitative estimate of drug-likeness (QED) is 0.234. The molecule has 2 fully saturated rings. The van der Waals surface area contributed by atoms with Crippen LogP contribution in [0.5, 0.6) is 0 Å². The second-order valence-electron chi connectivity index (χ2n) is 13.3. The Balaban J connectivity index is 0. The first-order valence-electron chi connectivity index (χ1n) is 16.1. The summed E-state index contributed by atoms with van der Waals surface area (Å²) in [7, 11) is 0. The van der Waals surface area contributed by atoms with Gasteiger partial charge in [-0.2, -0.15) is 15.2 Å². The van der Waals surface area contributed by atoms with Gasteiger partial charge in [-0.3, -0.25) is 10.3 Å². The highest BCUT2D eigenvalue weighted by atomic mass is 16.5. The van der Waals surface area contributed by atoms with E-state index in [0.29, 0.717) is 29.0 Å². The van der Waals surface area contributed by atoms with Crippen LogP contribution in [0.1, 0.15) is 133 Å². The minimum atomic E-state index is 0.167. The molecule has 1 aromatic heterocycles. The number of hydrogen-bond acceptors (Lipinski definition) is 9. The molecule has 10 heteroatoms. The Morgan fingerprint density at radius 2 is 1.33 bits per heavy atom. The molecule has 0 bridgehead atoms. The molecule has 4 heterocycles. The normalized spacial score (nSPS) is 16.3. The van der Waals surface area contributed by atoms with Gasteiger partial charge in [0.15, 0.2) is 5.82 Å². The van der Waals surface area contributed by atoms with Crippen molar-refractivity contribution in [2.45, 2.75) is 140 Å². The zero-order chi connectivity index (χ0) is 33.6. The van der Waals surface area contributed by atoms with Gasteiger partial charge in [0.05, 0.1) is 18.1 Å². The van der Waals surface area contributed by atoms with Crippen molar-refractivity contribution in [2.75, 3.05) is 32.7 Å². The minimum absolute atomic E-state index is 0.167. The molecule has 4 rings (SSSR count). The van der Waals surface area contributed by atoms with Crippen LogP contribution >= 0.6 is 0 Å². The van der Waals surface area contributed by atoms with Crippen LogP contribution in [0.15, 0.2) is 26.5 Å². The zero-order valence-electron chi connectivity index (χ0n) is 30.0. The average molecular weight is 606 g/mol. The van der Waals surface area contributed by atoms with Crippen molar-refractivity contribution >= 4 is 11.5 Å². The summed E-state index contributed by atoms with van der Waals surface area (Å²) < 4.78 is 4.76. The highest BCUT2D eigenvalue weighted by molar-refractivity contribution is 5.75. The molecule has 3 aliphatic heterocycles. The molecule has 10 nitrogen and oxygen atoms in total. The van der Waals surface area contributed by atoms with Crippen molar-refractivity contribution < 1.29 is 4.52 Å². The summed E-state index contributed by atoms with van der Waals surface area (Å²) in [5.41, 5.74) is 6.89. The molecule has 0 atom stereocenters. The summed E-state index contributed by atoms with van der Waals surface area (Å²) in [5.74, 6) is 2.50. The molecule has 1 aromatic rings. The third-order valence-corrected chi connectivity index (χ3v) is 6.40. The standard InChI is InChI=1S/C9H19N.C7H15N.C6H10N2O.C6H10N2.C3H7N.C2H6N2/c1-9(2,3)10-7-5-4-6-8-10;1-7(2)8-5-3-4-6-8;1-4(2)6-7-5(3)9-8-6;1-5(2)6-3-4-7-8-6;1-3(2)4;1-2(3)4/h4-8H2,1-3H3;7H,3-6H2,1-2H3;4H,1-3H3;3,5H,4H2,1-2H3;4H,1-2H3;1H3,(H3,3,4). The lowest BCUT2D eigenvalue weighted by atomic mass is 10.0. The summed E-state index contributed by atoms with van der Waals surface area (Å²) in [6, 6.07) is 0.775. The van der Waals surface area contributed by atoms with Crippen molar-refractivity contribution in [3.8, 4) is 0 Å². The fourth-order valence-electron chi connectivity index (χ4n) is 4.02. The number of nitrogens with zero attached hydrogens (tertiary/aromatic N) is 6. The van der Waals surface area contributed by atoms with E-state index in [1.54, 1.807) is 20.8 Å². The number of piperidine rings is 1. The molecular weight excluding hydrogens is 538 g/mol. The Morgan fingerprint density at radius 3 is 1.53 bits per heavy atom. The summed E-state index contributed by atoms with van der Waals surface area (Å²) in [4.78, 5) is 9.14. The molecule has 0 aromatic carbocycles. The van der Waals surface area contributed by atoms with Gasteiger partial charge in [-0.05, 0) is 119 Å². The lowest BCUT2D eigenvalue weighted by Gasteiger charge is -2.38. The molecule has 0 unspecified atom stereocenters. The van der Waals surface area contributed by atoms with Gasteiger partial charge in [-0.15, -0.1) is 0 Å². The second-order valence-corrected chi connectivity index (χ2v) is 13.3. The summed E-state index contributed by atoms with van der Waals surface area (Å²) in [6.07, 6.45) is 9.13. The number of rotatable bonds is 3. The van der Waals surface area contributed by atoms with Crippen LogP contribution < -0.4 is 5.73 Å². The third-order valence-electron chi connectivity index (χ3n) is 6.40. The molecule has 2 saturated heterocycles.